The van der Waals surface area contributed by atoms with E-state index in [2.05, 4.69) is 49.2 Å². The number of rotatable bonds is 4. The van der Waals surface area contributed by atoms with Crippen LogP contribution >= 0.6 is 0 Å². The molecule has 0 saturated carbocycles. The standard InChI is InChI=1S/C25H28N2O2/c1-4-24(28)27-15-13-22(16-17(27)2)29-21-10-7-19(8-11-21)23-12-9-20-6-5-14-26-25(20)18(23)3/h5-12,14,17,22H,4,13,15-16H2,1-3H3/t17-,22+/m0/s1. The third kappa shape index (κ3) is 3.98. The molecule has 1 saturated heterocycles. The lowest BCUT2D eigenvalue weighted by molar-refractivity contribution is -0.135. The molecule has 29 heavy (non-hydrogen) atoms. The van der Waals surface area contributed by atoms with E-state index in [1.54, 1.807) is 0 Å². The number of fused-ring (bicyclic) bond motifs is 1. The van der Waals surface area contributed by atoms with Gasteiger partial charge in [-0.3, -0.25) is 9.78 Å². The summed E-state index contributed by atoms with van der Waals surface area (Å²) in [5.41, 5.74) is 4.60. The number of aromatic nitrogens is 1. The molecule has 3 aromatic rings. The quantitative estimate of drug-likeness (QED) is 0.603. The zero-order chi connectivity index (χ0) is 20.4. The number of piperidine rings is 1. The normalized spacial score (nSPS) is 19.3. The Kier molecular flexibility index (Phi) is 5.52. The summed E-state index contributed by atoms with van der Waals surface area (Å²) in [5, 5.41) is 1.16. The van der Waals surface area contributed by atoms with Gasteiger partial charge < -0.3 is 9.64 Å². The van der Waals surface area contributed by atoms with Crippen LogP contribution in [0.2, 0.25) is 0 Å². The van der Waals surface area contributed by atoms with Crippen molar-refractivity contribution in [1.29, 1.82) is 0 Å². The molecule has 2 aromatic carbocycles. The van der Waals surface area contributed by atoms with Crippen molar-refractivity contribution in [3.8, 4) is 16.9 Å². The summed E-state index contributed by atoms with van der Waals surface area (Å²) in [5.74, 6) is 1.12. The average molecular weight is 389 g/mol. The lowest BCUT2D eigenvalue weighted by Crippen LogP contribution is -2.47. The molecule has 4 rings (SSSR count). The molecule has 2 atom stereocenters. The number of carbonyl (C=O) groups is 1. The van der Waals surface area contributed by atoms with Gasteiger partial charge in [0.2, 0.25) is 5.91 Å². The summed E-state index contributed by atoms with van der Waals surface area (Å²) in [7, 11) is 0. The van der Waals surface area contributed by atoms with Crippen LogP contribution in [0.5, 0.6) is 5.75 Å². The highest BCUT2D eigenvalue weighted by atomic mass is 16.5. The van der Waals surface area contributed by atoms with Crippen LogP contribution in [0.25, 0.3) is 22.0 Å². The molecule has 0 N–H and O–H groups in total. The number of aryl methyl sites for hydroxylation is 1. The topological polar surface area (TPSA) is 42.4 Å². The second-order valence-corrected chi connectivity index (χ2v) is 7.89. The van der Waals surface area contributed by atoms with Crippen LogP contribution < -0.4 is 4.74 Å². The van der Waals surface area contributed by atoms with Gasteiger partial charge in [-0.05, 0) is 48.7 Å². The maximum atomic E-state index is 12.0. The molecular weight excluding hydrogens is 360 g/mol. The highest BCUT2D eigenvalue weighted by molar-refractivity contribution is 5.88. The van der Waals surface area contributed by atoms with E-state index in [-0.39, 0.29) is 18.1 Å². The molecule has 4 nitrogen and oxygen atoms in total. The molecule has 4 heteroatoms. The van der Waals surface area contributed by atoms with E-state index in [4.69, 9.17) is 4.74 Å². The van der Waals surface area contributed by atoms with Gasteiger partial charge >= 0.3 is 0 Å². The predicted octanol–water partition coefficient (Wildman–Crippen LogP) is 5.38. The third-order valence-corrected chi connectivity index (χ3v) is 5.95. The molecule has 0 radical (unpaired) electrons. The van der Waals surface area contributed by atoms with Crippen LogP contribution in [0.4, 0.5) is 0 Å². The minimum absolute atomic E-state index is 0.156. The van der Waals surface area contributed by atoms with Gasteiger partial charge in [-0.25, -0.2) is 0 Å². The summed E-state index contributed by atoms with van der Waals surface area (Å²) in [4.78, 5) is 18.5. The number of benzene rings is 2. The maximum absolute atomic E-state index is 12.0. The Morgan fingerprint density at radius 2 is 1.97 bits per heavy atom. The second kappa shape index (κ2) is 8.24. The first-order valence-electron chi connectivity index (χ1n) is 10.5. The Morgan fingerprint density at radius 3 is 2.69 bits per heavy atom. The molecule has 1 amide bonds. The first-order chi connectivity index (χ1) is 14.1. The van der Waals surface area contributed by atoms with E-state index in [0.29, 0.717) is 6.42 Å². The van der Waals surface area contributed by atoms with Crippen molar-refractivity contribution in [2.45, 2.75) is 52.2 Å². The molecule has 150 valence electrons. The van der Waals surface area contributed by atoms with E-state index in [1.165, 1.54) is 16.7 Å². The average Bonchev–Trinajstić information content (AvgIpc) is 2.74. The van der Waals surface area contributed by atoms with Crippen molar-refractivity contribution in [3.63, 3.8) is 0 Å². The van der Waals surface area contributed by atoms with Crippen molar-refractivity contribution in [2.24, 2.45) is 0 Å². The number of likely N-dealkylation sites (tertiary alicyclic amines) is 1. The molecular formula is C25H28N2O2. The molecule has 1 fully saturated rings. The van der Waals surface area contributed by atoms with Crippen LogP contribution in [-0.4, -0.2) is 34.5 Å². The Hall–Kier alpha value is -2.88. The number of carbonyl (C=O) groups excluding carboxylic acids is 1. The van der Waals surface area contributed by atoms with E-state index >= 15 is 0 Å². The van der Waals surface area contributed by atoms with Crippen molar-refractivity contribution in [1.82, 2.24) is 9.88 Å². The van der Waals surface area contributed by atoms with Gasteiger partial charge in [-0.2, -0.15) is 0 Å². The fraction of sp³-hybridized carbons (Fsp3) is 0.360. The lowest BCUT2D eigenvalue weighted by atomic mass is 9.97. The molecule has 0 unspecified atom stereocenters. The van der Waals surface area contributed by atoms with Crippen LogP contribution in [0.1, 0.15) is 38.7 Å². The highest BCUT2D eigenvalue weighted by Gasteiger charge is 2.28. The monoisotopic (exact) mass is 388 g/mol. The minimum Gasteiger partial charge on any atom is -0.490 e. The second-order valence-electron chi connectivity index (χ2n) is 7.89. The molecule has 1 aliphatic rings. The fourth-order valence-corrected chi connectivity index (χ4v) is 4.32. The van der Waals surface area contributed by atoms with Crippen LogP contribution in [0.3, 0.4) is 0 Å². The first kappa shape index (κ1) is 19.4. The molecule has 1 aliphatic heterocycles. The SMILES string of the molecule is CCC(=O)N1CC[C@@H](Oc2ccc(-c3ccc4cccnc4c3C)cc2)C[C@@H]1C. The highest BCUT2D eigenvalue weighted by Crippen LogP contribution is 2.30. The molecule has 2 heterocycles. The lowest BCUT2D eigenvalue weighted by Gasteiger charge is -2.37. The number of hydrogen-bond acceptors (Lipinski definition) is 3. The molecule has 0 bridgehead atoms. The van der Waals surface area contributed by atoms with E-state index in [1.807, 2.05) is 36.2 Å². The Bertz CT molecular complexity index is 1010. The van der Waals surface area contributed by atoms with Gasteiger partial charge in [0.05, 0.1) is 5.52 Å². The minimum atomic E-state index is 0.156. The number of ether oxygens (including phenoxy) is 1. The zero-order valence-corrected chi connectivity index (χ0v) is 17.4. The van der Waals surface area contributed by atoms with E-state index in [9.17, 15) is 4.79 Å². The van der Waals surface area contributed by atoms with Crippen LogP contribution in [-0.2, 0) is 4.79 Å². The summed E-state index contributed by atoms with van der Waals surface area (Å²) >= 11 is 0. The van der Waals surface area contributed by atoms with Crippen LogP contribution in [0, 0.1) is 6.92 Å². The Balaban J connectivity index is 1.47. The van der Waals surface area contributed by atoms with Gasteiger partial charge in [0.1, 0.15) is 11.9 Å². The van der Waals surface area contributed by atoms with Crippen molar-refractivity contribution in [3.05, 3.63) is 60.3 Å². The van der Waals surface area contributed by atoms with Crippen molar-refractivity contribution in [2.75, 3.05) is 6.54 Å². The maximum Gasteiger partial charge on any atom is 0.222 e. The van der Waals surface area contributed by atoms with Crippen molar-refractivity contribution < 1.29 is 9.53 Å². The Labute approximate surface area is 172 Å². The molecule has 0 spiro atoms. The summed E-state index contributed by atoms with van der Waals surface area (Å²) in [6, 6.07) is 16.9. The van der Waals surface area contributed by atoms with E-state index < -0.39 is 0 Å². The van der Waals surface area contributed by atoms with Gasteiger partial charge in [-0.1, -0.05) is 37.3 Å². The van der Waals surface area contributed by atoms with Gasteiger partial charge in [-0.15, -0.1) is 0 Å². The van der Waals surface area contributed by atoms with Gasteiger partial charge in [0.25, 0.3) is 0 Å². The number of hydrogen-bond donors (Lipinski definition) is 0. The largest absolute Gasteiger partial charge is 0.490 e. The first-order valence-corrected chi connectivity index (χ1v) is 10.5. The molecule has 1 aromatic heterocycles. The smallest absolute Gasteiger partial charge is 0.222 e. The Morgan fingerprint density at radius 1 is 1.17 bits per heavy atom. The third-order valence-electron chi connectivity index (χ3n) is 5.95. The van der Waals surface area contributed by atoms with Crippen molar-refractivity contribution >= 4 is 16.8 Å². The number of pyridine rings is 1. The summed E-state index contributed by atoms with van der Waals surface area (Å²) < 4.78 is 6.23. The summed E-state index contributed by atoms with van der Waals surface area (Å²) in [6.07, 6.45) is 4.33. The molecule has 0 aliphatic carbocycles. The zero-order valence-electron chi connectivity index (χ0n) is 17.4. The number of amides is 1. The van der Waals surface area contributed by atoms with Gasteiger partial charge in [0.15, 0.2) is 0 Å². The summed E-state index contributed by atoms with van der Waals surface area (Å²) in [6.45, 7) is 6.94. The fourth-order valence-electron chi connectivity index (χ4n) is 4.32. The number of nitrogens with zero attached hydrogens (tertiary/aromatic N) is 2. The van der Waals surface area contributed by atoms with E-state index in [0.717, 1.165) is 36.0 Å². The predicted molar refractivity (Wildman–Crippen MR) is 117 cm³/mol. The van der Waals surface area contributed by atoms with Gasteiger partial charge in [0, 0.05) is 43.4 Å². The van der Waals surface area contributed by atoms with Crippen LogP contribution in [0.15, 0.2) is 54.7 Å².